The first kappa shape index (κ1) is 16.5. The highest BCUT2D eigenvalue weighted by atomic mass is 16.6. The summed E-state index contributed by atoms with van der Waals surface area (Å²) in [4.78, 5) is 27.9. The Kier molecular flexibility index (Phi) is 4.98. The predicted molar refractivity (Wildman–Crippen MR) is 74.2 cm³/mol. The summed E-state index contributed by atoms with van der Waals surface area (Å²) in [5.74, 6) is -0.682. The molecule has 0 unspecified atom stereocenters. The minimum Gasteiger partial charge on any atom is -0.390 e. The topological polar surface area (TPSA) is 140 Å². The van der Waals surface area contributed by atoms with E-state index in [-0.39, 0.29) is 31.8 Å². The minimum absolute atomic E-state index is 0.0598. The molecule has 0 spiro atoms. The van der Waals surface area contributed by atoms with Gasteiger partial charge in [0.1, 0.15) is 31.3 Å². The fraction of sp³-hybridized carbons (Fsp3) is 0.455. The van der Waals surface area contributed by atoms with E-state index >= 15 is 0 Å². The summed E-state index contributed by atoms with van der Waals surface area (Å²) in [5.41, 5.74) is 0.836. The average molecular weight is 326 g/mol. The summed E-state index contributed by atoms with van der Waals surface area (Å²) in [7, 11) is 2.96. The molecule has 0 N–H and O–H groups in total. The smallest absolute Gasteiger partial charge is 0.390 e. The molecule has 0 atom stereocenters. The Labute approximate surface area is 129 Å². The van der Waals surface area contributed by atoms with Crippen molar-refractivity contribution >= 4 is 11.9 Å². The number of imidazole rings is 2. The third kappa shape index (κ3) is 3.49. The van der Waals surface area contributed by atoms with Crippen LogP contribution in [0.25, 0.3) is 0 Å². The van der Waals surface area contributed by atoms with Crippen LogP contribution in [0.3, 0.4) is 0 Å². The number of nitrogens with zero attached hydrogens (tertiary/aromatic N) is 6. The second-order valence-corrected chi connectivity index (χ2v) is 4.49. The molecule has 2 rings (SSSR count). The summed E-state index contributed by atoms with van der Waals surface area (Å²) in [6, 6.07) is 0. The Morgan fingerprint density at radius 1 is 1.22 bits per heavy atom. The molecule has 124 valence electrons. The third-order valence-electron chi connectivity index (χ3n) is 3.04. The first-order valence-corrected chi connectivity index (χ1v) is 6.36. The van der Waals surface area contributed by atoms with E-state index in [1.165, 1.54) is 35.7 Å². The molecule has 2 aromatic heterocycles. The summed E-state index contributed by atoms with van der Waals surface area (Å²) in [5, 5.41) is 21.7. The minimum atomic E-state index is -0.634. The molecule has 0 saturated heterocycles. The van der Waals surface area contributed by atoms with Crippen molar-refractivity contribution in [3.63, 3.8) is 0 Å². The lowest BCUT2D eigenvalue weighted by molar-refractivity contribution is -0.397. The van der Waals surface area contributed by atoms with Crippen LogP contribution in [0.15, 0.2) is 12.4 Å². The molecule has 0 aliphatic rings. The van der Waals surface area contributed by atoms with Gasteiger partial charge in [-0.3, -0.25) is 0 Å². The van der Waals surface area contributed by atoms with Gasteiger partial charge >= 0.3 is 11.9 Å². The van der Waals surface area contributed by atoms with Gasteiger partial charge in [-0.15, -0.1) is 0 Å². The molecule has 0 fully saturated rings. The largest absolute Gasteiger partial charge is 0.436 e. The Morgan fingerprint density at radius 2 is 1.91 bits per heavy atom. The van der Waals surface area contributed by atoms with E-state index in [0.29, 0.717) is 11.4 Å². The summed E-state index contributed by atoms with van der Waals surface area (Å²) >= 11 is 0. The lowest BCUT2D eigenvalue weighted by Crippen LogP contribution is -2.08. The van der Waals surface area contributed by atoms with E-state index in [9.17, 15) is 20.2 Å². The van der Waals surface area contributed by atoms with Gasteiger partial charge < -0.3 is 29.7 Å². The van der Waals surface area contributed by atoms with Gasteiger partial charge in [-0.2, -0.15) is 0 Å². The molecule has 12 nitrogen and oxygen atoms in total. The zero-order valence-corrected chi connectivity index (χ0v) is 12.4. The molecular formula is C11H14N6O6. The van der Waals surface area contributed by atoms with Crippen LogP contribution in [-0.4, -0.2) is 36.1 Å². The number of nitro groups is 2. The second-order valence-electron chi connectivity index (χ2n) is 4.49. The highest BCUT2D eigenvalue weighted by molar-refractivity contribution is 5.23. The summed E-state index contributed by atoms with van der Waals surface area (Å²) < 4.78 is 12.9. The number of rotatable bonds is 8. The van der Waals surface area contributed by atoms with Gasteiger partial charge in [0, 0.05) is 7.11 Å². The molecule has 2 heterocycles. The summed E-state index contributed by atoms with van der Waals surface area (Å²) in [6.07, 6.45) is 2.68. The Morgan fingerprint density at radius 3 is 2.52 bits per heavy atom. The molecule has 23 heavy (non-hydrogen) atoms. The zero-order chi connectivity index (χ0) is 17.0. The fourth-order valence-corrected chi connectivity index (χ4v) is 1.99. The van der Waals surface area contributed by atoms with Crippen LogP contribution >= 0.6 is 0 Å². The molecule has 0 aliphatic carbocycles. The Bertz CT molecular complexity index is 723. The van der Waals surface area contributed by atoms with Crippen molar-refractivity contribution in [2.45, 2.75) is 19.9 Å². The first-order valence-electron chi connectivity index (χ1n) is 6.36. The van der Waals surface area contributed by atoms with E-state index in [2.05, 4.69) is 9.97 Å². The zero-order valence-electron chi connectivity index (χ0n) is 12.4. The Balaban J connectivity index is 2.11. The van der Waals surface area contributed by atoms with Crippen molar-refractivity contribution < 1.29 is 19.3 Å². The average Bonchev–Trinajstić information content (AvgIpc) is 3.07. The van der Waals surface area contributed by atoms with Gasteiger partial charge in [0.15, 0.2) is 12.4 Å². The van der Waals surface area contributed by atoms with Crippen LogP contribution < -0.4 is 0 Å². The molecular weight excluding hydrogens is 312 g/mol. The number of hydrogen-bond acceptors (Lipinski definition) is 8. The van der Waals surface area contributed by atoms with Crippen LogP contribution in [0.1, 0.15) is 11.4 Å². The molecule has 12 heteroatoms. The SMILES string of the molecule is COCc1c(COCn2ccnc2[N+](=O)[O-])nc([N+](=O)[O-])n1C. The maximum absolute atomic E-state index is 10.9. The van der Waals surface area contributed by atoms with E-state index in [1.54, 1.807) is 0 Å². The molecule has 2 aromatic rings. The van der Waals surface area contributed by atoms with E-state index in [4.69, 9.17) is 9.47 Å². The fourth-order valence-electron chi connectivity index (χ4n) is 1.99. The van der Waals surface area contributed by atoms with E-state index < -0.39 is 9.85 Å². The maximum atomic E-state index is 10.9. The highest BCUT2D eigenvalue weighted by Gasteiger charge is 2.25. The van der Waals surface area contributed by atoms with Crippen molar-refractivity contribution in [2.24, 2.45) is 7.05 Å². The molecule has 0 radical (unpaired) electrons. The van der Waals surface area contributed by atoms with Gasteiger partial charge in [-0.25, -0.2) is 9.13 Å². The molecule has 0 amide bonds. The lowest BCUT2D eigenvalue weighted by Gasteiger charge is -2.03. The van der Waals surface area contributed by atoms with Gasteiger partial charge in [-0.05, 0) is 9.85 Å². The monoisotopic (exact) mass is 326 g/mol. The maximum Gasteiger partial charge on any atom is 0.436 e. The number of aromatic nitrogens is 4. The number of hydrogen-bond donors (Lipinski definition) is 0. The third-order valence-corrected chi connectivity index (χ3v) is 3.04. The van der Waals surface area contributed by atoms with Crippen LogP contribution in [0.2, 0.25) is 0 Å². The van der Waals surface area contributed by atoms with E-state index in [0.717, 1.165) is 0 Å². The highest BCUT2D eigenvalue weighted by Crippen LogP contribution is 2.18. The molecule has 0 aromatic carbocycles. The predicted octanol–water partition coefficient (Wildman–Crippen LogP) is 0.754. The lowest BCUT2D eigenvalue weighted by atomic mass is 10.3. The number of methoxy groups -OCH3 is 1. The van der Waals surface area contributed by atoms with Crippen molar-refractivity contribution in [1.82, 2.24) is 19.1 Å². The van der Waals surface area contributed by atoms with Crippen molar-refractivity contribution in [1.29, 1.82) is 0 Å². The van der Waals surface area contributed by atoms with Crippen LogP contribution in [-0.2, 0) is 36.5 Å². The quantitative estimate of drug-likeness (QED) is 0.511. The first-order chi connectivity index (χ1) is 11.0. The molecule has 0 bridgehead atoms. The number of ether oxygens (including phenoxy) is 2. The Hall–Kier alpha value is -2.86. The summed E-state index contributed by atoms with van der Waals surface area (Å²) in [6.45, 7) is -0.0654. The van der Waals surface area contributed by atoms with Crippen LogP contribution in [0, 0.1) is 20.2 Å². The van der Waals surface area contributed by atoms with Gasteiger partial charge in [0.2, 0.25) is 0 Å². The normalized spacial score (nSPS) is 10.9. The molecule has 0 aliphatic heterocycles. The molecule has 0 saturated carbocycles. The second kappa shape index (κ2) is 6.93. The van der Waals surface area contributed by atoms with E-state index in [1.807, 2.05) is 0 Å². The van der Waals surface area contributed by atoms with Gasteiger partial charge in [0.05, 0.1) is 7.05 Å². The van der Waals surface area contributed by atoms with Crippen LogP contribution in [0.5, 0.6) is 0 Å². The van der Waals surface area contributed by atoms with Gasteiger partial charge in [-0.1, -0.05) is 9.97 Å². The standard InChI is InChI=1S/C11H14N6O6/c1-14-9(6-22-2)8(13-11(14)17(20)21)5-23-7-15-4-3-12-10(15)16(18)19/h3-4H,5-7H2,1-2H3. The van der Waals surface area contributed by atoms with Crippen molar-refractivity contribution in [3.8, 4) is 0 Å². The van der Waals surface area contributed by atoms with Crippen molar-refractivity contribution in [3.05, 3.63) is 44.0 Å². The van der Waals surface area contributed by atoms with Crippen molar-refractivity contribution in [2.75, 3.05) is 7.11 Å². The van der Waals surface area contributed by atoms with Gasteiger partial charge in [0.25, 0.3) is 0 Å². The van der Waals surface area contributed by atoms with Crippen LogP contribution in [0.4, 0.5) is 11.9 Å².